The monoisotopic (exact) mass is 193 g/mol. The molecule has 0 heterocycles. The molecule has 0 aromatic carbocycles. The van der Waals surface area contributed by atoms with E-state index in [1.54, 1.807) is 0 Å². The molecule has 0 N–H and O–H groups in total. The Morgan fingerprint density at radius 2 is 2.08 bits per heavy atom. The van der Waals surface area contributed by atoms with Gasteiger partial charge in [0.1, 0.15) is 0 Å². The quantitative estimate of drug-likeness (QED) is 0.213. The van der Waals surface area contributed by atoms with Crippen LogP contribution in [0.5, 0.6) is 0 Å². The molecule has 0 aromatic heterocycles. The van der Waals surface area contributed by atoms with Crippen LogP contribution in [0.15, 0.2) is 5.11 Å². The predicted molar refractivity (Wildman–Crippen MR) is 45.1 cm³/mol. The smallest absolute Gasteiger partial charge is 0.312 e. The van der Waals surface area contributed by atoms with Crippen LogP contribution in [-0.2, 0) is 13.6 Å². The van der Waals surface area contributed by atoms with Gasteiger partial charge in [-0.1, -0.05) is 5.11 Å². The average Bonchev–Trinajstić information content (AvgIpc) is 2.12. The maximum absolute atomic E-state index is 11.3. The first-order valence-corrected chi connectivity index (χ1v) is 5.12. The predicted octanol–water partition coefficient (Wildman–Crippen LogP) is 2.17. The highest BCUT2D eigenvalue weighted by molar-refractivity contribution is 7.53. The first-order chi connectivity index (χ1) is 5.68. The van der Waals surface area contributed by atoms with E-state index in [1.807, 2.05) is 0 Å². The van der Waals surface area contributed by atoms with Crippen molar-refractivity contribution in [2.24, 2.45) is 5.11 Å². The fourth-order valence-corrected chi connectivity index (χ4v) is 1.68. The van der Waals surface area contributed by atoms with E-state index in [2.05, 4.69) is 19.1 Å². The van der Waals surface area contributed by atoms with Crippen LogP contribution in [0.3, 0.4) is 0 Å². The summed E-state index contributed by atoms with van der Waals surface area (Å²) in [5.41, 5.74) is 7.94. The molecule has 6 nitrogen and oxygen atoms in total. The molecule has 0 bridgehead atoms. The van der Waals surface area contributed by atoms with Crippen molar-refractivity contribution in [3.63, 3.8) is 0 Å². The van der Waals surface area contributed by atoms with Gasteiger partial charge < -0.3 is 9.05 Å². The van der Waals surface area contributed by atoms with Crippen LogP contribution in [0.25, 0.3) is 10.4 Å². The third-order valence-electron chi connectivity index (χ3n) is 1.31. The van der Waals surface area contributed by atoms with Gasteiger partial charge in [0.05, 0.1) is 6.16 Å². The van der Waals surface area contributed by atoms with Gasteiger partial charge in [-0.25, -0.2) is 0 Å². The fraction of sp³-hybridized carbons (Fsp3) is 1.00. The second-order valence-corrected chi connectivity index (χ2v) is 4.41. The highest BCUT2D eigenvalue weighted by atomic mass is 31.2. The Morgan fingerprint density at radius 1 is 1.50 bits per heavy atom. The molecule has 0 saturated heterocycles. The van der Waals surface area contributed by atoms with Gasteiger partial charge in [-0.2, -0.15) is 0 Å². The molecule has 0 aliphatic rings. The molecule has 70 valence electrons. The summed E-state index contributed by atoms with van der Waals surface area (Å²) in [5.74, 6) is 0. The molecule has 0 atom stereocenters. The Morgan fingerprint density at radius 3 is 2.50 bits per heavy atom. The highest BCUT2D eigenvalue weighted by Crippen LogP contribution is 2.46. The summed E-state index contributed by atoms with van der Waals surface area (Å²) in [5, 5.41) is 3.29. The van der Waals surface area contributed by atoms with Crippen LogP contribution < -0.4 is 0 Å². The van der Waals surface area contributed by atoms with E-state index in [0.717, 1.165) is 0 Å². The molecule has 0 spiro atoms. The molecule has 0 aromatic rings. The van der Waals surface area contributed by atoms with E-state index in [-0.39, 0.29) is 6.16 Å². The van der Waals surface area contributed by atoms with Gasteiger partial charge in [-0.3, -0.25) is 4.57 Å². The largest absolute Gasteiger partial charge is 0.330 e. The van der Waals surface area contributed by atoms with E-state index >= 15 is 0 Å². The molecule has 0 unspecified atom stereocenters. The summed E-state index contributed by atoms with van der Waals surface area (Å²) in [6, 6.07) is 0. The summed E-state index contributed by atoms with van der Waals surface area (Å²) in [4.78, 5) is 2.56. The lowest BCUT2D eigenvalue weighted by atomic mass is 10.5. The molecule has 0 radical (unpaired) electrons. The summed E-state index contributed by atoms with van der Waals surface area (Å²) < 4.78 is 20.7. The van der Waals surface area contributed by atoms with Crippen LogP contribution >= 0.6 is 7.60 Å². The van der Waals surface area contributed by atoms with Crippen LogP contribution in [0.4, 0.5) is 0 Å². The van der Waals surface area contributed by atoms with Crippen molar-refractivity contribution in [1.29, 1.82) is 0 Å². The Kier molecular flexibility index (Phi) is 5.76. The van der Waals surface area contributed by atoms with Crippen molar-refractivity contribution in [2.75, 3.05) is 26.9 Å². The highest BCUT2D eigenvalue weighted by Gasteiger charge is 2.19. The molecule has 0 amide bonds. The van der Waals surface area contributed by atoms with Gasteiger partial charge in [-0.15, -0.1) is 0 Å². The molecule has 0 rings (SSSR count). The molecule has 0 fully saturated rings. The lowest BCUT2D eigenvalue weighted by Crippen LogP contribution is -1.96. The second kappa shape index (κ2) is 6.03. The minimum Gasteiger partial charge on any atom is -0.312 e. The Labute approximate surface area is 71.0 Å². The van der Waals surface area contributed by atoms with Crippen LogP contribution in [0.1, 0.15) is 6.42 Å². The van der Waals surface area contributed by atoms with Gasteiger partial charge in [-0.05, 0) is 12.0 Å². The van der Waals surface area contributed by atoms with Gasteiger partial charge in [0.25, 0.3) is 0 Å². The zero-order valence-corrected chi connectivity index (χ0v) is 8.03. The van der Waals surface area contributed by atoms with Gasteiger partial charge in [0, 0.05) is 25.7 Å². The first kappa shape index (κ1) is 11.5. The first-order valence-electron chi connectivity index (χ1n) is 3.40. The summed E-state index contributed by atoms with van der Waals surface area (Å²) in [6.07, 6.45) is 0.780. The number of nitrogens with zero attached hydrogens (tertiary/aromatic N) is 3. The molecule has 7 heteroatoms. The third kappa shape index (κ3) is 4.36. The summed E-state index contributed by atoms with van der Waals surface area (Å²) in [6.45, 7) is 0.313. The number of rotatable bonds is 6. The van der Waals surface area contributed by atoms with E-state index in [1.165, 1.54) is 14.2 Å². The van der Waals surface area contributed by atoms with Crippen molar-refractivity contribution < 1.29 is 13.6 Å². The summed E-state index contributed by atoms with van der Waals surface area (Å²) in [7, 11) is -0.242. The fourth-order valence-electron chi connectivity index (χ4n) is 0.637. The van der Waals surface area contributed by atoms with E-state index in [4.69, 9.17) is 5.53 Å². The lowest BCUT2D eigenvalue weighted by Gasteiger charge is -2.11. The van der Waals surface area contributed by atoms with Crippen LogP contribution in [-0.4, -0.2) is 26.9 Å². The van der Waals surface area contributed by atoms with E-state index < -0.39 is 7.60 Å². The molecular weight excluding hydrogens is 181 g/mol. The SMILES string of the molecule is COP(=O)(CCCN=[N+]=[N-])OC. The van der Waals surface area contributed by atoms with E-state index in [9.17, 15) is 4.57 Å². The van der Waals surface area contributed by atoms with Crippen molar-refractivity contribution in [3.05, 3.63) is 10.4 Å². The number of azide groups is 1. The van der Waals surface area contributed by atoms with Crippen molar-refractivity contribution >= 4 is 7.60 Å². The molecule has 12 heavy (non-hydrogen) atoms. The van der Waals surface area contributed by atoms with Crippen LogP contribution in [0, 0.1) is 0 Å². The Hall–Kier alpha value is -0.540. The van der Waals surface area contributed by atoms with Gasteiger partial charge in [0.15, 0.2) is 0 Å². The van der Waals surface area contributed by atoms with Gasteiger partial charge in [0.2, 0.25) is 0 Å². The third-order valence-corrected chi connectivity index (χ3v) is 3.29. The second-order valence-electron chi connectivity index (χ2n) is 2.01. The van der Waals surface area contributed by atoms with Crippen molar-refractivity contribution in [2.45, 2.75) is 6.42 Å². The Balaban J connectivity index is 3.73. The Bertz CT molecular complexity index is 206. The van der Waals surface area contributed by atoms with Gasteiger partial charge >= 0.3 is 7.60 Å². The molecule has 0 saturated carbocycles. The minimum absolute atomic E-state index is 0.277. The van der Waals surface area contributed by atoms with Crippen molar-refractivity contribution in [3.8, 4) is 0 Å². The minimum atomic E-state index is -2.90. The standard InChI is InChI=1S/C5H12N3O3P/c1-10-12(9,11-2)5-3-4-7-8-6/h3-5H2,1-2H3. The van der Waals surface area contributed by atoms with E-state index in [0.29, 0.717) is 13.0 Å². The summed E-state index contributed by atoms with van der Waals surface area (Å²) >= 11 is 0. The average molecular weight is 193 g/mol. The zero-order chi connectivity index (χ0) is 9.45. The lowest BCUT2D eigenvalue weighted by molar-refractivity contribution is 0.275. The van der Waals surface area contributed by atoms with Crippen LogP contribution in [0.2, 0.25) is 0 Å². The molecule has 0 aliphatic heterocycles. The topological polar surface area (TPSA) is 84.3 Å². The molecular formula is C5H12N3O3P. The normalized spacial score (nSPS) is 10.8. The molecule has 0 aliphatic carbocycles. The number of hydrogen-bond donors (Lipinski definition) is 0. The van der Waals surface area contributed by atoms with Crippen molar-refractivity contribution in [1.82, 2.24) is 0 Å². The maximum atomic E-state index is 11.3. The number of hydrogen-bond acceptors (Lipinski definition) is 4. The zero-order valence-electron chi connectivity index (χ0n) is 7.13. The maximum Gasteiger partial charge on any atom is 0.330 e.